The average molecular weight is 141 g/mol. The molecular formula is C10H21+. The van der Waals surface area contributed by atoms with Crippen LogP contribution < -0.4 is 0 Å². The molecule has 0 saturated heterocycles. The summed E-state index contributed by atoms with van der Waals surface area (Å²) >= 11 is 0. The van der Waals surface area contributed by atoms with E-state index in [0.29, 0.717) is 0 Å². The lowest BCUT2D eigenvalue weighted by atomic mass is 9.91. The monoisotopic (exact) mass is 141 g/mol. The van der Waals surface area contributed by atoms with Crippen molar-refractivity contribution in [3.8, 4) is 0 Å². The second kappa shape index (κ2) is 5.64. The van der Waals surface area contributed by atoms with Crippen molar-refractivity contribution in [3.05, 3.63) is 6.42 Å². The normalized spacial score (nSPS) is 13.7. The minimum Gasteiger partial charge on any atom is -0.0652 e. The third kappa shape index (κ3) is 4.72. The van der Waals surface area contributed by atoms with Gasteiger partial charge in [0.05, 0.1) is 18.3 Å². The van der Waals surface area contributed by atoms with Crippen LogP contribution in [0.2, 0.25) is 0 Å². The summed E-state index contributed by atoms with van der Waals surface area (Å²) in [4.78, 5) is 0. The molecule has 0 nitrogen and oxygen atoms in total. The van der Waals surface area contributed by atoms with Crippen LogP contribution in [0.25, 0.3) is 0 Å². The van der Waals surface area contributed by atoms with E-state index in [4.69, 9.17) is 0 Å². The number of hydrogen-bond donors (Lipinski definition) is 0. The third-order valence-electron chi connectivity index (χ3n) is 1.84. The van der Waals surface area contributed by atoms with E-state index >= 15 is 0 Å². The van der Waals surface area contributed by atoms with Crippen LogP contribution in [0.4, 0.5) is 0 Å². The van der Waals surface area contributed by atoms with Crippen molar-refractivity contribution in [3.63, 3.8) is 0 Å². The zero-order chi connectivity index (χ0) is 7.98. The van der Waals surface area contributed by atoms with Crippen molar-refractivity contribution in [2.75, 3.05) is 0 Å². The molecule has 60 valence electrons. The van der Waals surface area contributed by atoms with Crippen LogP contribution in [0.1, 0.15) is 47.0 Å². The molecule has 0 bridgehead atoms. The summed E-state index contributed by atoms with van der Waals surface area (Å²) in [7, 11) is 0. The Morgan fingerprint density at radius 1 is 1.20 bits per heavy atom. The molecule has 1 atom stereocenters. The molecule has 0 aliphatic carbocycles. The first-order valence-corrected chi connectivity index (χ1v) is 4.55. The van der Waals surface area contributed by atoms with Gasteiger partial charge in [0.2, 0.25) is 0 Å². The smallest absolute Gasteiger partial charge is 0.0652 e. The standard InChI is InChI=1S/C10H21/c1-5-7-10(6-2)8-9(3)4/h8-10H,5-7H2,1-4H3/q+1. The molecule has 0 aliphatic rings. The summed E-state index contributed by atoms with van der Waals surface area (Å²) in [6.07, 6.45) is 6.48. The van der Waals surface area contributed by atoms with Crippen LogP contribution in [0.5, 0.6) is 0 Å². The van der Waals surface area contributed by atoms with Crippen molar-refractivity contribution >= 4 is 0 Å². The first-order valence-electron chi connectivity index (χ1n) is 4.55. The van der Waals surface area contributed by atoms with Gasteiger partial charge in [-0.2, -0.15) is 0 Å². The Bertz CT molecular complexity index is 64.4. The summed E-state index contributed by atoms with van der Waals surface area (Å²) in [6, 6.07) is 0. The van der Waals surface area contributed by atoms with E-state index in [-0.39, 0.29) is 0 Å². The summed E-state index contributed by atoms with van der Waals surface area (Å²) in [5.41, 5.74) is 0. The molecule has 0 fully saturated rings. The highest BCUT2D eigenvalue weighted by Crippen LogP contribution is 2.18. The molecule has 0 radical (unpaired) electrons. The predicted molar refractivity (Wildman–Crippen MR) is 47.8 cm³/mol. The van der Waals surface area contributed by atoms with Crippen molar-refractivity contribution in [1.82, 2.24) is 0 Å². The Hall–Kier alpha value is -0.130. The molecule has 0 aromatic heterocycles. The van der Waals surface area contributed by atoms with Gasteiger partial charge < -0.3 is 0 Å². The highest BCUT2D eigenvalue weighted by atomic mass is 14.1. The van der Waals surface area contributed by atoms with E-state index < -0.39 is 0 Å². The van der Waals surface area contributed by atoms with Crippen LogP contribution in [-0.2, 0) is 0 Å². The van der Waals surface area contributed by atoms with Crippen molar-refractivity contribution in [2.45, 2.75) is 47.0 Å². The fourth-order valence-electron chi connectivity index (χ4n) is 1.35. The van der Waals surface area contributed by atoms with E-state index in [1.807, 2.05) is 0 Å². The molecular weight excluding hydrogens is 120 g/mol. The molecule has 10 heavy (non-hydrogen) atoms. The molecule has 0 saturated carbocycles. The first-order chi connectivity index (χ1) is 4.70. The summed E-state index contributed by atoms with van der Waals surface area (Å²) in [5.74, 6) is 1.63. The van der Waals surface area contributed by atoms with Gasteiger partial charge >= 0.3 is 0 Å². The van der Waals surface area contributed by atoms with Gasteiger partial charge in [0.25, 0.3) is 0 Å². The number of rotatable bonds is 5. The topological polar surface area (TPSA) is 0 Å². The van der Waals surface area contributed by atoms with Crippen LogP contribution in [0.15, 0.2) is 0 Å². The maximum absolute atomic E-state index is 2.48. The van der Waals surface area contributed by atoms with Crippen LogP contribution in [0, 0.1) is 18.3 Å². The Morgan fingerprint density at radius 3 is 2.10 bits per heavy atom. The van der Waals surface area contributed by atoms with Gasteiger partial charge in [-0.25, -0.2) is 0 Å². The molecule has 0 aliphatic heterocycles. The number of hydrogen-bond acceptors (Lipinski definition) is 0. The Balaban J connectivity index is 3.39. The van der Waals surface area contributed by atoms with Gasteiger partial charge in [-0.05, 0) is 26.7 Å². The molecule has 1 unspecified atom stereocenters. The van der Waals surface area contributed by atoms with E-state index in [1.54, 1.807) is 0 Å². The lowest BCUT2D eigenvalue weighted by Crippen LogP contribution is -2.03. The van der Waals surface area contributed by atoms with Gasteiger partial charge in [0, 0.05) is 0 Å². The third-order valence-corrected chi connectivity index (χ3v) is 1.84. The Morgan fingerprint density at radius 2 is 1.80 bits per heavy atom. The first kappa shape index (κ1) is 9.87. The Kier molecular flexibility index (Phi) is 5.57. The molecule has 0 N–H and O–H groups in total. The van der Waals surface area contributed by atoms with Crippen LogP contribution in [-0.4, -0.2) is 0 Å². The van der Waals surface area contributed by atoms with E-state index in [9.17, 15) is 0 Å². The second-order valence-corrected chi connectivity index (χ2v) is 3.39. The molecule has 0 aromatic carbocycles. The molecule has 0 aromatic rings. The highest BCUT2D eigenvalue weighted by molar-refractivity contribution is 4.77. The van der Waals surface area contributed by atoms with Gasteiger partial charge in [-0.3, -0.25) is 0 Å². The maximum Gasteiger partial charge on any atom is 0.0977 e. The van der Waals surface area contributed by atoms with Gasteiger partial charge in [0.15, 0.2) is 0 Å². The fraction of sp³-hybridized carbons (Fsp3) is 0.900. The van der Waals surface area contributed by atoms with E-state index in [0.717, 1.165) is 11.8 Å². The summed E-state index contributed by atoms with van der Waals surface area (Å²) in [5, 5.41) is 0. The van der Waals surface area contributed by atoms with E-state index in [1.165, 1.54) is 19.3 Å². The van der Waals surface area contributed by atoms with Gasteiger partial charge in [-0.15, -0.1) is 0 Å². The molecule has 0 heteroatoms. The second-order valence-electron chi connectivity index (χ2n) is 3.39. The van der Waals surface area contributed by atoms with Crippen molar-refractivity contribution in [1.29, 1.82) is 0 Å². The van der Waals surface area contributed by atoms with Gasteiger partial charge in [0.1, 0.15) is 0 Å². The zero-order valence-electron chi connectivity index (χ0n) is 7.85. The molecule has 0 rings (SSSR count). The molecule has 0 heterocycles. The van der Waals surface area contributed by atoms with Crippen molar-refractivity contribution < 1.29 is 0 Å². The van der Waals surface area contributed by atoms with Crippen LogP contribution >= 0.6 is 0 Å². The van der Waals surface area contributed by atoms with Crippen molar-refractivity contribution in [2.24, 2.45) is 11.8 Å². The zero-order valence-corrected chi connectivity index (χ0v) is 7.85. The molecule has 0 spiro atoms. The van der Waals surface area contributed by atoms with Gasteiger partial charge in [-0.1, -0.05) is 20.3 Å². The Labute approximate surface area is 66.0 Å². The average Bonchev–Trinajstić information content (AvgIpc) is 1.86. The van der Waals surface area contributed by atoms with Crippen LogP contribution in [0.3, 0.4) is 0 Å². The summed E-state index contributed by atoms with van der Waals surface area (Å²) in [6.45, 7) is 9.06. The summed E-state index contributed by atoms with van der Waals surface area (Å²) < 4.78 is 0. The minimum atomic E-state index is 0.761. The highest BCUT2D eigenvalue weighted by Gasteiger charge is 2.16. The van der Waals surface area contributed by atoms with E-state index in [2.05, 4.69) is 34.1 Å². The SMILES string of the molecule is CCCC([CH+]C(C)C)CC. The molecule has 0 amide bonds. The quantitative estimate of drug-likeness (QED) is 0.512. The minimum absolute atomic E-state index is 0.761. The lowest BCUT2D eigenvalue weighted by molar-refractivity contribution is 0.478. The maximum atomic E-state index is 2.48. The largest absolute Gasteiger partial charge is 0.0977 e. The fourth-order valence-corrected chi connectivity index (χ4v) is 1.35. The lowest BCUT2D eigenvalue weighted by Gasteiger charge is -2.06. The predicted octanol–water partition coefficient (Wildman–Crippen LogP) is 3.67.